The van der Waals surface area contributed by atoms with Crippen molar-refractivity contribution in [3.05, 3.63) is 82.6 Å². The molecular weight excluding hydrogens is 386 g/mol. The van der Waals surface area contributed by atoms with Crippen LogP contribution in [0.4, 0.5) is 0 Å². The van der Waals surface area contributed by atoms with Crippen LogP contribution >= 0.6 is 0 Å². The van der Waals surface area contributed by atoms with Gasteiger partial charge in [-0.2, -0.15) is 0 Å². The van der Waals surface area contributed by atoms with Gasteiger partial charge >= 0.3 is 0 Å². The van der Waals surface area contributed by atoms with Crippen molar-refractivity contribution < 1.29 is 4.74 Å². The van der Waals surface area contributed by atoms with Crippen LogP contribution in [0, 0.1) is 27.7 Å². The van der Waals surface area contributed by atoms with E-state index in [2.05, 4.69) is 55.6 Å². The second-order valence-electron chi connectivity index (χ2n) is 8.03. The molecule has 156 valence electrons. The maximum absolute atomic E-state index is 5.25. The fraction of sp³-hybridized carbons (Fsp3) is 0.240. The summed E-state index contributed by atoms with van der Waals surface area (Å²) in [4.78, 5) is 9.68. The molecule has 0 amide bonds. The van der Waals surface area contributed by atoms with Gasteiger partial charge in [0.15, 0.2) is 17.1 Å². The van der Waals surface area contributed by atoms with Crippen LogP contribution in [0.2, 0.25) is 0 Å². The van der Waals surface area contributed by atoms with Crippen LogP contribution in [0.1, 0.15) is 33.8 Å². The molecule has 0 radical (unpaired) electrons. The average molecular weight is 412 g/mol. The van der Waals surface area contributed by atoms with Crippen molar-refractivity contribution in [1.29, 1.82) is 0 Å². The Morgan fingerprint density at radius 1 is 0.903 bits per heavy atom. The minimum absolute atomic E-state index is 0.656. The molecule has 5 rings (SSSR count). The monoisotopic (exact) mass is 411 g/mol. The highest BCUT2D eigenvalue weighted by molar-refractivity contribution is 5.95. The van der Waals surface area contributed by atoms with Crippen LogP contribution in [0.3, 0.4) is 0 Å². The van der Waals surface area contributed by atoms with Gasteiger partial charge in [0.2, 0.25) is 0 Å². The van der Waals surface area contributed by atoms with Crippen LogP contribution < -0.4 is 4.74 Å². The molecule has 0 bridgehead atoms. The Hall–Kier alpha value is -3.67. The fourth-order valence-electron chi connectivity index (χ4n) is 4.18. The fourth-order valence-corrected chi connectivity index (χ4v) is 4.18. The van der Waals surface area contributed by atoms with E-state index < -0.39 is 0 Å². The molecule has 0 N–H and O–H groups in total. The van der Waals surface area contributed by atoms with Gasteiger partial charge in [-0.15, -0.1) is 5.10 Å². The third-order valence-electron chi connectivity index (χ3n) is 6.21. The summed E-state index contributed by atoms with van der Waals surface area (Å²) in [5, 5.41) is 5.74. The van der Waals surface area contributed by atoms with Crippen LogP contribution in [0.25, 0.3) is 22.4 Å². The van der Waals surface area contributed by atoms with Crippen molar-refractivity contribution >= 4 is 16.7 Å². The summed E-state index contributed by atoms with van der Waals surface area (Å²) >= 11 is 0. The first-order valence-electron chi connectivity index (χ1n) is 10.4. The molecule has 3 aromatic heterocycles. The molecule has 6 nitrogen and oxygen atoms in total. The number of benzene rings is 2. The number of methoxy groups -OCH3 is 1. The first-order chi connectivity index (χ1) is 15.0. The number of fused-ring (bicyclic) bond motifs is 3. The molecule has 0 saturated carbocycles. The minimum atomic E-state index is 0.656. The number of rotatable bonds is 4. The molecule has 2 aromatic carbocycles. The summed E-state index contributed by atoms with van der Waals surface area (Å²) in [6, 6.07) is 14.4. The number of hydrogen-bond donors (Lipinski definition) is 0. The highest BCUT2D eigenvalue weighted by atomic mass is 16.5. The van der Waals surface area contributed by atoms with Gasteiger partial charge in [-0.3, -0.25) is 4.57 Å². The summed E-state index contributed by atoms with van der Waals surface area (Å²) in [6.07, 6.45) is 2.42. The lowest BCUT2D eigenvalue weighted by Crippen LogP contribution is -2.02. The Kier molecular flexibility index (Phi) is 4.50. The van der Waals surface area contributed by atoms with E-state index in [1.165, 1.54) is 22.4 Å². The van der Waals surface area contributed by atoms with Crippen LogP contribution in [-0.4, -0.2) is 31.3 Å². The Balaban J connectivity index is 1.66. The standard InChI is InChI=1S/C25H25N5O/c1-15-7-6-8-21(16(15)2)30-18(4)17(3)23-24(30)26-14-29-25(23)27-22(28-29)13-19-9-11-20(31-5)12-10-19/h6-12,14H,13H2,1-5H3. The number of aromatic nitrogens is 5. The van der Waals surface area contributed by atoms with Gasteiger partial charge in [-0.1, -0.05) is 24.3 Å². The molecule has 5 aromatic rings. The Bertz CT molecular complexity index is 1430. The molecule has 31 heavy (non-hydrogen) atoms. The Labute approximate surface area is 181 Å². The highest BCUT2D eigenvalue weighted by Crippen LogP contribution is 2.31. The van der Waals surface area contributed by atoms with E-state index in [0.717, 1.165) is 39.5 Å². The lowest BCUT2D eigenvalue weighted by atomic mass is 10.1. The molecule has 0 atom stereocenters. The van der Waals surface area contributed by atoms with Gasteiger partial charge in [0.25, 0.3) is 0 Å². The quantitative estimate of drug-likeness (QED) is 0.422. The molecule has 0 aliphatic rings. The lowest BCUT2D eigenvalue weighted by molar-refractivity contribution is 0.414. The van der Waals surface area contributed by atoms with Crippen molar-refractivity contribution in [3.8, 4) is 11.4 Å². The molecule has 6 heteroatoms. The number of hydrogen-bond acceptors (Lipinski definition) is 4. The van der Waals surface area contributed by atoms with E-state index in [9.17, 15) is 0 Å². The second kappa shape index (κ2) is 7.23. The van der Waals surface area contributed by atoms with Crippen molar-refractivity contribution in [2.75, 3.05) is 7.11 Å². The Morgan fingerprint density at radius 2 is 1.68 bits per heavy atom. The van der Waals surface area contributed by atoms with Crippen LogP contribution in [-0.2, 0) is 6.42 Å². The van der Waals surface area contributed by atoms with E-state index >= 15 is 0 Å². The van der Waals surface area contributed by atoms with Crippen molar-refractivity contribution in [2.24, 2.45) is 0 Å². The molecule has 0 fully saturated rings. The number of nitrogens with zero attached hydrogens (tertiary/aromatic N) is 5. The zero-order chi connectivity index (χ0) is 21.7. The number of aryl methyl sites for hydroxylation is 2. The van der Waals surface area contributed by atoms with Crippen molar-refractivity contribution in [3.63, 3.8) is 0 Å². The van der Waals surface area contributed by atoms with Gasteiger partial charge in [-0.25, -0.2) is 14.5 Å². The zero-order valence-corrected chi connectivity index (χ0v) is 18.5. The topological polar surface area (TPSA) is 57.2 Å². The van der Waals surface area contributed by atoms with Gasteiger partial charge in [-0.05, 0) is 68.1 Å². The predicted molar refractivity (Wildman–Crippen MR) is 122 cm³/mol. The molecule has 0 spiro atoms. The first kappa shape index (κ1) is 19.3. The zero-order valence-electron chi connectivity index (χ0n) is 18.5. The van der Waals surface area contributed by atoms with E-state index in [1.54, 1.807) is 18.0 Å². The second-order valence-corrected chi connectivity index (χ2v) is 8.03. The lowest BCUT2D eigenvalue weighted by Gasteiger charge is -2.13. The van der Waals surface area contributed by atoms with Gasteiger partial charge < -0.3 is 4.74 Å². The SMILES string of the molecule is COc1ccc(Cc2nc3c4c(C)c(C)n(-c5cccc(C)c5C)c4ncn3n2)cc1. The molecule has 0 unspecified atom stereocenters. The summed E-state index contributed by atoms with van der Waals surface area (Å²) < 4.78 is 9.28. The maximum atomic E-state index is 5.25. The first-order valence-corrected chi connectivity index (χ1v) is 10.4. The predicted octanol–water partition coefficient (Wildman–Crippen LogP) is 4.90. The smallest absolute Gasteiger partial charge is 0.168 e. The third kappa shape index (κ3) is 3.06. The highest BCUT2D eigenvalue weighted by Gasteiger charge is 2.20. The van der Waals surface area contributed by atoms with Crippen molar-refractivity contribution in [1.82, 2.24) is 24.1 Å². The van der Waals surface area contributed by atoms with E-state index in [0.29, 0.717) is 6.42 Å². The molecular formula is C25H25N5O. The van der Waals surface area contributed by atoms with E-state index in [4.69, 9.17) is 14.7 Å². The van der Waals surface area contributed by atoms with Gasteiger partial charge in [0.05, 0.1) is 18.2 Å². The summed E-state index contributed by atoms with van der Waals surface area (Å²) in [5.41, 5.74) is 8.93. The largest absolute Gasteiger partial charge is 0.497 e. The molecule has 0 aliphatic heterocycles. The molecule has 3 heterocycles. The minimum Gasteiger partial charge on any atom is -0.497 e. The third-order valence-corrected chi connectivity index (χ3v) is 6.21. The number of ether oxygens (including phenoxy) is 1. The van der Waals surface area contributed by atoms with Crippen molar-refractivity contribution in [2.45, 2.75) is 34.1 Å². The van der Waals surface area contributed by atoms with Crippen LogP contribution in [0.15, 0.2) is 48.8 Å². The van der Waals surface area contributed by atoms with Crippen LogP contribution in [0.5, 0.6) is 5.75 Å². The normalized spacial score (nSPS) is 11.5. The molecule has 0 aliphatic carbocycles. The van der Waals surface area contributed by atoms with E-state index in [1.807, 2.05) is 24.3 Å². The summed E-state index contributed by atoms with van der Waals surface area (Å²) in [5.74, 6) is 1.62. The van der Waals surface area contributed by atoms with Gasteiger partial charge in [0.1, 0.15) is 12.1 Å². The maximum Gasteiger partial charge on any atom is 0.168 e. The van der Waals surface area contributed by atoms with Gasteiger partial charge in [0, 0.05) is 12.1 Å². The summed E-state index contributed by atoms with van der Waals surface area (Å²) in [6.45, 7) is 8.58. The summed E-state index contributed by atoms with van der Waals surface area (Å²) in [7, 11) is 1.67. The molecule has 0 saturated heterocycles. The average Bonchev–Trinajstić information content (AvgIpc) is 3.29. The Morgan fingerprint density at radius 3 is 2.42 bits per heavy atom. The van der Waals surface area contributed by atoms with E-state index in [-0.39, 0.29) is 0 Å².